The van der Waals surface area contributed by atoms with Gasteiger partial charge in [0.25, 0.3) is 0 Å². The normalized spacial score (nSPS) is 11.6. The third-order valence-corrected chi connectivity index (χ3v) is 11.5. The summed E-state index contributed by atoms with van der Waals surface area (Å²) < 4.78 is 1.23. The number of H-pyrrole nitrogens is 1. The van der Waals surface area contributed by atoms with Crippen LogP contribution in [-0.2, 0) is 0 Å². The van der Waals surface area contributed by atoms with Crippen molar-refractivity contribution in [3.05, 3.63) is 170 Å². The van der Waals surface area contributed by atoms with Crippen LogP contribution in [0, 0.1) is 0 Å². The molecule has 2 aliphatic rings. The average molecular weight is 967 g/mol. The first-order valence-electron chi connectivity index (χ1n) is 20.9. The molecule has 8 bridgehead atoms. The maximum atomic E-state index is 12.9. The molecule has 0 atom stereocenters. The van der Waals surface area contributed by atoms with Crippen LogP contribution in [-0.4, -0.2) is 108 Å². The summed E-state index contributed by atoms with van der Waals surface area (Å²) in [6.07, 6.45) is 6.11. The van der Waals surface area contributed by atoms with Gasteiger partial charge in [-0.1, -0.05) is 0 Å². The molecule has 5 heterocycles. The highest BCUT2D eigenvalue weighted by atomic mass is 16.4. The van der Waals surface area contributed by atoms with Crippen molar-refractivity contribution >= 4 is 94.1 Å². The lowest BCUT2D eigenvalue weighted by molar-refractivity contribution is 0.0676. The lowest BCUT2D eigenvalue weighted by atomic mass is 9.89. The topological polar surface area (TPSA) is 345 Å². The van der Waals surface area contributed by atoms with Crippen LogP contribution in [0.1, 0.15) is 106 Å². The van der Waals surface area contributed by atoms with Gasteiger partial charge in [-0.25, -0.2) is 48.3 Å². The van der Waals surface area contributed by atoms with Crippen molar-refractivity contribution in [2.24, 2.45) is 0 Å². The van der Waals surface area contributed by atoms with E-state index in [1.54, 1.807) is 30.3 Å². The minimum atomic E-state index is -1.64. The zero-order valence-electron chi connectivity index (χ0n) is 36.3. The van der Waals surface area contributed by atoms with Crippen molar-refractivity contribution in [1.82, 2.24) is 19.5 Å². The number of aromatic nitrogens is 4. The fraction of sp³-hybridized carbons (Fsp3) is 0. The van der Waals surface area contributed by atoms with Gasteiger partial charge in [-0.3, -0.25) is 0 Å². The second-order valence-electron chi connectivity index (χ2n) is 16.2. The molecular weight excluding hydrogens is 937 g/mol. The fourth-order valence-electron chi connectivity index (χ4n) is 8.46. The summed E-state index contributed by atoms with van der Waals surface area (Å²) in [5.41, 5.74) is -5.53. The highest BCUT2D eigenvalue weighted by Gasteiger charge is 2.30. The van der Waals surface area contributed by atoms with Crippen LogP contribution in [0.4, 0.5) is 0 Å². The summed E-state index contributed by atoms with van der Waals surface area (Å²) in [4.78, 5) is 116. The van der Waals surface area contributed by atoms with E-state index < -0.39 is 92.3 Å². The zero-order chi connectivity index (χ0) is 51.4. The molecule has 0 fully saturated rings. The van der Waals surface area contributed by atoms with Gasteiger partial charge in [-0.05, 0) is 144 Å². The molecule has 0 saturated heterocycles. The van der Waals surface area contributed by atoms with Crippen molar-refractivity contribution in [3.8, 4) is 39.1 Å². The van der Waals surface area contributed by atoms with Gasteiger partial charge in [-0.15, -0.1) is 0 Å². The van der Waals surface area contributed by atoms with Gasteiger partial charge in [0.15, 0.2) is 0 Å². The number of benzene rings is 4. The molecule has 0 saturated carbocycles. The molecule has 0 spiro atoms. The molecule has 9 rings (SSSR count). The summed E-state index contributed by atoms with van der Waals surface area (Å²) in [6.45, 7) is 0. The van der Waals surface area contributed by atoms with Gasteiger partial charge < -0.3 is 50.4 Å². The summed E-state index contributed by atoms with van der Waals surface area (Å²) in [5.74, 6) is -13.0. The second-order valence-corrected chi connectivity index (χ2v) is 16.2. The number of carboxylic acid groups (broad SMARTS) is 8. The zero-order valence-corrected chi connectivity index (χ0v) is 36.3. The number of carboxylic acids is 8. The number of fused-ring (bicyclic) bond motifs is 8. The number of rotatable bonds is 12. The van der Waals surface area contributed by atoms with Crippen LogP contribution in [0.5, 0.6) is 0 Å². The smallest absolute Gasteiger partial charge is 0.335 e. The minimum absolute atomic E-state index is 0.0939. The van der Waals surface area contributed by atoms with Crippen LogP contribution < -0.4 is 0 Å². The molecular formula is C52H30N4O16. The van der Waals surface area contributed by atoms with E-state index in [4.69, 9.17) is 9.97 Å². The largest absolute Gasteiger partial charge is 0.478 e. The van der Waals surface area contributed by atoms with Gasteiger partial charge in [0.05, 0.1) is 78.3 Å². The summed E-state index contributed by atoms with van der Waals surface area (Å²) in [5, 5.41) is 83.6. The third-order valence-electron chi connectivity index (χ3n) is 11.5. The predicted molar refractivity (Wildman–Crippen MR) is 256 cm³/mol. The maximum absolute atomic E-state index is 12.9. The number of nitrogens with one attached hydrogen (secondary N) is 1. The molecule has 72 heavy (non-hydrogen) atoms. The molecule has 0 amide bonds. The Morgan fingerprint density at radius 2 is 0.694 bits per heavy atom. The number of carbonyl (C=O) groups is 8. The summed E-state index contributed by atoms with van der Waals surface area (Å²) >= 11 is 0. The molecule has 0 unspecified atom stereocenters. The minimum Gasteiger partial charge on any atom is -0.478 e. The van der Waals surface area contributed by atoms with Crippen molar-refractivity contribution in [2.75, 3.05) is 0 Å². The van der Waals surface area contributed by atoms with Crippen molar-refractivity contribution in [3.63, 3.8) is 0 Å². The molecule has 4 aromatic carbocycles. The van der Waals surface area contributed by atoms with E-state index in [1.165, 1.54) is 28.9 Å². The average Bonchev–Trinajstić information content (AvgIpc) is 4.16. The first kappa shape index (κ1) is 46.4. The molecule has 2 aliphatic heterocycles. The Hall–Kier alpha value is -10.8. The number of nitrogens with zero attached hydrogens (tertiary/aromatic N) is 3. The number of hydrogen-bond acceptors (Lipinski definition) is 10. The van der Waals surface area contributed by atoms with Crippen LogP contribution in [0.25, 0.3) is 85.4 Å². The van der Waals surface area contributed by atoms with Crippen molar-refractivity contribution in [1.29, 1.82) is 0 Å². The van der Waals surface area contributed by atoms with E-state index in [9.17, 15) is 79.2 Å². The van der Waals surface area contributed by atoms with Crippen molar-refractivity contribution < 1.29 is 79.2 Å². The summed E-state index contributed by atoms with van der Waals surface area (Å²) in [7, 11) is 0. The molecule has 3 aromatic heterocycles. The monoisotopic (exact) mass is 966 g/mol. The third kappa shape index (κ3) is 8.67. The lowest BCUT2D eigenvalue weighted by Gasteiger charge is -2.16. The Labute approximate surface area is 401 Å². The molecule has 0 aliphatic carbocycles. The summed E-state index contributed by atoms with van der Waals surface area (Å²) in [6, 6.07) is 19.9. The number of hydrogen-bond donors (Lipinski definition) is 9. The van der Waals surface area contributed by atoms with E-state index in [2.05, 4.69) is 4.98 Å². The standard InChI is InChI=1S/C52H30N4O16/c57-45(58)25-7-22(8-26(13-25)46(59)60)41-39-6-5-36(55-39)20-35-2-1-33(53-35)19-34-3-4-37(54-34)21-40-42(23-9-27(47(61)62)14-28(10-23)48(63)64)43(24-11-29(49(65)66)15-30(12-24)50(67)68)44(41)56(40)38-17-31(51(69)70)16-32(18-38)52(71)72/h1-21,53H,(H,57,58)(H,59,60)(H,61,62)(H,63,64)(H,65,66)(H,67,68)(H,69,70)(H,71,72). The highest BCUT2D eigenvalue weighted by Crippen LogP contribution is 2.48. The van der Waals surface area contributed by atoms with Crippen LogP contribution in [0.2, 0.25) is 0 Å². The lowest BCUT2D eigenvalue weighted by Crippen LogP contribution is -2.07. The number of aromatic carboxylic acids is 8. The second kappa shape index (κ2) is 17.7. The van der Waals surface area contributed by atoms with E-state index in [0.29, 0.717) is 16.7 Å². The Morgan fingerprint density at radius 1 is 0.361 bits per heavy atom. The molecule has 9 N–H and O–H groups in total. The highest BCUT2D eigenvalue weighted by molar-refractivity contribution is 6.14. The molecule has 20 heteroatoms. The van der Waals surface area contributed by atoms with Crippen LogP contribution in [0.3, 0.4) is 0 Å². The quantitative estimate of drug-likeness (QED) is 0.0552. The van der Waals surface area contributed by atoms with Gasteiger partial charge in [-0.2, -0.15) is 0 Å². The Bertz CT molecular complexity index is 3780. The fourth-order valence-corrected chi connectivity index (χ4v) is 8.46. The molecule has 7 aromatic rings. The molecule has 354 valence electrons. The van der Waals surface area contributed by atoms with E-state index >= 15 is 0 Å². The van der Waals surface area contributed by atoms with Gasteiger partial charge in [0.1, 0.15) is 0 Å². The maximum Gasteiger partial charge on any atom is 0.335 e. The van der Waals surface area contributed by atoms with Gasteiger partial charge >= 0.3 is 47.8 Å². The van der Waals surface area contributed by atoms with Gasteiger partial charge in [0.2, 0.25) is 0 Å². The predicted octanol–water partition coefficient (Wildman–Crippen LogP) is 8.70. The molecule has 20 nitrogen and oxygen atoms in total. The van der Waals surface area contributed by atoms with Gasteiger partial charge in [0, 0.05) is 33.4 Å². The van der Waals surface area contributed by atoms with E-state index in [1.807, 2.05) is 0 Å². The van der Waals surface area contributed by atoms with E-state index in [0.717, 1.165) is 72.8 Å². The first-order chi connectivity index (χ1) is 34.2. The SMILES string of the molecule is O=C(O)c1cc(C(=O)O)cc(-c2c(-c3cc(C(=O)O)cc(C(=O)O)c3)c3c(-c4cc(C(=O)O)cc(C(=O)O)c4)c4nc(cc5ccc(cc6nc(cc2n3-c2cc(C(=O)O)cc(C(=O)O)c2)C=C6)[nH]5)C=C4)c1. The Balaban J connectivity index is 1.73. The number of aromatic amines is 1. The van der Waals surface area contributed by atoms with Crippen LogP contribution >= 0.6 is 0 Å². The van der Waals surface area contributed by atoms with E-state index in [-0.39, 0.29) is 67.2 Å². The first-order valence-corrected chi connectivity index (χ1v) is 20.9. The Morgan fingerprint density at radius 3 is 1.10 bits per heavy atom. The molecule has 0 radical (unpaired) electrons. The Kier molecular flexibility index (Phi) is 11.4. The van der Waals surface area contributed by atoms with Crippen LogP contribution in [0.15, 0.2) is 103 Å². The van der Waals surface area contributed by atoms with Crippen molar-refractivity contribution in [2.45, 2.75) is 0 Å².